The lowest BCUT2D eigenvalue weighted by Crippen LogP contribution is -2.51. The van der Waals surface area contributed by atoms with E-state index in [2.05, 4.69) is 16.9 Å². The van der Waals surface area contributed by atoms with Crippen molar-refractivity contribution in [3.8, 4) is 0 Å². The molecule has 0 atom stereocenters. The van der Waals surface area contributed by atoms with Crippen LogP contribution in [0.15, 0.2) is 65.9 Å². The summed E-state index contributed by atoms with van der Waals surface area (Å²) in [5, 5.41) is 2.88. The smallest absolute Gasteiger partial charge is 0.325 e. The molecule has 5 nitrogen and oxygen atoms in total. The predicted molar refractivity (Wildman–Crippen MR) is 115 cm³/mol. The number of aryl methyl sites for hydroxylation is 1. The third kappa shape index (κ3) is 5.45. The second-order valence-electron chi connectivity index (χ2n) is 7.41. The Morgan fingerprint density at radius 2 is 1.81 bits per heavy atom. The topological polar surface area (TPSA) is 47.9 Å². The molecule has 0 saturated carbocycles. The average Bonchev–Trinajstić information content (AvgIpc) is 2.72. The molecule has 1 heterocycles. The van der Waals surface area contributed by atoms with E-state index in [1.165, 1.54) is 21.9 Å². The summed E-state index contributed by atoms with van der Waals surface area (Å²) in [4.78, 5) is 20.6. The molecular weight excluding hydrogens is 405 g/mol. The molecule has 1 aliphatic rings. The zero-order chi connectivity index (χ0) is 22.6. The van der Waals surface area contributed by atoms with Crippen molar-refractivity contribution in [2.24, 2.45) is 4.99 Å². The van der Waals surface area contributed by atoms with E-state index in [1.54, 1.807) is 0 Å². The molecule has 2 aromatic rings. The molecule has 2 amide bonds. The number of guanidine groups is 1. The van der Waals surface area contributed by atoms with Crippen LogP contribution in [0.25, 0.3) is 0 Å². The van der Waals surface area contributed by atoms with Crippen molar-refractivity contribution < 1.29 is 18.0 Å². The van der Waals surface area contributed by atoms with Crippen LogP contribution in [0.5, 0.6) is 0 Å². The number of anilines is 1. The number of aliphatic imine (C=N–C) groups is 1. The van der Waals surface area contributed by atoms with E-state index in [-0.39, 0.29) is 30.0 Å². The molecule has 31 heavy (non-hydrogen) atoms. The molecule has 0 aromatic heterocycles. The first-order valence-corrected chi connectivity index (χ1v) is 10.1. The maximum atomic E-state index is 13.2. The van der Waals surface area contributed by atoms with E-state index in [9.17, 15) is 18.0 Å². The van der Waals surface area contributed by atoms with Crippen LogP contribution in [0.2, 0.25) is 0 Å². The van der Waals surface area contributed by atoms with Crippen LogP contribution in [0.3, 0.4) is 0 Å². The molecule has 0 aliphatic carbocycles. The number of halogens is 3. The van der Waals surface area contributed by atoms with Crippen LogP contribution in [-0.2, 0) is 12.7 Å². The van der Waals surface area contributed by atoms with Gasteiger partial charge >= 0.3 is 12.2 Å². The largest absolute Gasteiger partial charge is 0.416 e. The fraction of sp³-hybridized carbons (Fsp3) is 0.304. The van der Waals surface area contributed by atoms with Crippen molar-refractivity contribution in [2.75, 3.05) is 11.9 Å². The van der Waals surface area contributed by atoms with E-state index >= 15 is 0 Å². The number of unbranched alkanes of at least 4 members (excludes halogenated alkanes) is 1. The van der Waals surface area contributed by atoms with E-state index in [0.717, 1.165) is 36.1 Å². The van der Waals surface area contributed by atoms with Gasteiger partial charge in [-0.2, -0.15) is 18.2 Å². The summed E-state index contributed by atoms with van der Waals surface area (Å²) >= 11 is 0. The van der Waals surface area contributed by atoms with Gasteiger partial charge in [-0.1, -0.05) is 55.8 Å². The number of carbonyl (C=O) groups is 1. The maximum absolute atomic E-state index is 13.2. The number of hydrogen-bond donors (Lipinski definition) is 1. The van der Waals surface area contributed by atoms with Gasteiger partial charge in [-0.15, -0.1) is 0 Å². The van der Waals surface area contributed by atoms with Crippen LogP contribution in [0.1, 0.15) is 36.5 Å². The molecule has 0 unspecified atom stereocenters. The number of nitrogens with one attached hydrogen (secondary N) is 1. The Hall–Kier alpha value is -3.29. The molecule has 1 N–H and O–H groups in total. The molecule has 1 aliphatic heterocycles. The average molecular weight is 430 g/mol. The highest BCUT2D eigenvalue weighted by atomic mass is 19.4. The van der Waals surface area contributed by atoms with Gasteiger partial charge in [-0.25, -0.2) is 4.79 Å². The molecule has 0 spiro atoms. The SMILES string of the molecule is C=C1N=C(Nc2cccc(C(F)(F)F)c2)N(Cc2ccc(C)cc2)C(=O)N1CCCC. The van der Waals surface area contributed by atoms with Gasteiger partial charge in [0.05, 0.1) is 12.1 Å². The standard InChI is InChI=1S/C23H25F3N4O/c1-4-5-13-29-17(3)27-21(28-20-8-6-7-19(14-20)23(24,25)26)30(22(29)31)15-18-11-9-16(2)10-12-18/h6-12,14H,3-5,13,15H2,1-2H3,(H,27,28). The molecular formula is C23H25F3N4O. The number of amides is 2. The number of urea groups is 1. The third-order valence-corrected chi connectivity index (χ3v) is 4.91. The summed E-state index contributed by atoms with van der Waals surface area (Å²) in [5.74, 6) is 0.399. The van der Waals surface area contributed by atoms with E-state index < -0.39 is 11.7 Å². The predicted octanol–water partition coefficient (Wildman–Crippen LogP) is 5.99. The quantitative estimate of drug-likeness (QED) is 0.612. The van der Waals surface area contributed by atoms with Gasteiger partial charge in [0, 0.05) is 12.2 Å². The van der Waals surface area contributed by atoms with Crippen molar-refractivity contribution in [1.29, 1.82) is 0 Å². The Kier molecular flexibility index (Phi) is 6.68. The van der Waals surface area contributed by atoms with Gasteiger partial charge in [-0.3, -0.25) is 9.80 Å². The van der Waals surface area contributed by atoms with Gasteiger partial charge < -0.3 is 5.32 Å². The second-order valence-corrected chi connectivity index (χ2v) is 7.41. The second kappa shape index (κ2) is 9.24. The Labute approximate surface area is 179 Å². The van der Waals surface area contributed by atoms with Crippen molar-refractivity contribution in [2.45, 2.75) is 39.4 Å². The molecule has 0 radical (unpaired) electrons. The summed E-state index contributed by atoms with van der Waals surface area (Å²) in [6.45, 7) is 8.55. The molecule has 164 valence electrons. The van der Waals surface area contributed by atoms with Crippen LogP contribution in [0.4, 0.5) is 23.7 Å². The van der Waals surface area contributed by atoms with Crippen molar-refractivity contribution >= 4 is 17.7 Å². The number of benzene rings is 2. The summed E-state index contributed by atoms with van der Waals surface area (Å²) < 4.78 is 39.3. The first-order valence-electron chi connectivity index (χ1n) is 10.1. The highest BCUT2D eigenvalue weighted by Crippen LogP contribution is 2.31. The van der Waals surface area contributed by atoms with Gasteiger partial charge in [0.25, 0.3) is 0 Å². The minimum atomic E-state index is -4.47. The highest BCUT2D eigenvalue weighted by molar-refractivity contribution is 6.06. The molecule has 0 bridgehead atoms. The van der Waals surface area contributed by atoms with Crippen LogP contribution >= 0.6 is 0 Å². The Bertz CT molecular complexity index is 983. The number of alkyl halides is 3. The molecule has 8 heteroatoms. The zero-order valence-corrected chi connectivity index (χ0v) is 17.5. The minimum absolute atomic E-state index is 0.141. The molecule has 3 rings (SSSR count). The van der Waals surface area contributed by atoms with Gasteiger partial charge in [0.15, 0.2) is 0 Å². The van der Waals surface area contributed by atoms with Crippen molar-refractivity contribution in [3.05, 3.63) is 77.6 Å². The van der Waals surface area contributed by atoms with Gasteiger partial charge in [0.2, 0.25) is 5.96 Å². The van der Waals surface area contributed by atoms with Crippen LogP contribution in [-0.4, -0.2) is 28.3 Å². The highest BCUT2D eigenvalue weighted by Gasteiger charge is 2.33. The lowest BCUT2D eigenvalue weighted by atomic mass is 10.1. The van der Waals surface area contributed by atoms with Crippen molar-refractivity contribution in [3.63, 3.8) is 0 Å². The Morgan fingerprint density at radius 3 is 2.45 bits per heavy atom. The number of carbonyl (C=O) groups excluding carboxylic acids is 1. The Balaban J connectivity index is 1.93. The van der Waals surface area contributed by atoms with E-state index in [4.69, 9.17) is 0 Å². The lowest BCUT2D eigenvalue weighted by molar-refractivity contribution is -0.137. The first-order chi connectivity index (χ1) is 14.7. The first kappa shape index (κ1) is 22.4. The Morgan fingerprint density at radius 1 is 1.10 bits per heavy atom. The van der Waals surface area contributed by atoms with Gasteiger partial charge in [0.1, 0.15) is 5.82 Å². The lowest BCUT2D eigenvalue weighted by Gasteiger charge is -2.35. The summed E-state index contributed by atoms with van der Waals surface area (Å²) in [6.07, 6.45) is -2.78. The van der Waals surface area contributed by atoms with Crippen molar-refractivity contribution in [1.82, 2.24) is 9.80 Å². The van der Waals surface area contributed by atoms with E-state index in [0.29, 0.717) is 6.54 Å². The summed E-state index contributed by atoms with van der Waals surface area (Å²) in [6, 6.07) is 12.2. The van der Waals surface area contributed by atoms with Crippen LogP contribution < -0.4 is 5.32 Å². The van der Waals surface area contributed by atoms with Crippen LogP contribution in [0, 0.1) is 6.92 Å². The number of nitrogens with zero attached hydrogens (tertiary/aromatic N) is 3. The monoisotopic (exact) mass is 430 g/mol. The fourth-order valence-electron chi connectivity index (χ4n) is 3.15. The zero-order valence-electron chi connectivity index (χ0n) is 17.5. The normalized spacial score (nSPS) is 14.7. The number of rotatable bonds is 6. The molecule has 2 aromatic carbocycles. The number of hydrogen-bond acceptors (Lipinski definition) is 3. The molecule has 0 fully saturated rings. The fourth-order valence-corrected chi connectivity index (χ4v) is 3.15. The summed E-state index contributed by atoms with van der Waals surface area (Å²) in [5.41, 5.74) is 1.36. The third-order valence-electron chi connectivity index (χ3n) is 4.91. The van der Waals surface area contributed by atoms with Gasteiger partial charge in [-0.05, 0) is 37.1 Å². The summed E-state index contributed by atoms with van der Waals surface area (Å²) in [7, 11) is 0. The minimum Gasteiger partial charge on any atom is -0.325 e. The maximum Gasteiger partial charge on any atom is 0.416 e. The van der Waals surface area contributed by atoms with E-state index in [1.807, 2.05) is 38.1 Å². The molecule has 0 saturated heterocycles.